The number of unbranched alkanes of at least 4 members (excludes halogenated alkanes) is 4. The van der Waals surface area contributed by atoms with Gasteiger partial charge in [0, 0.05) is 18.9 Å². The van der Waals surface area contributed by atoms with Crippen LogP contribution in [0.2, 0.25) is 0 Å². The summed E-state index contributed by atoms with van der Waals surface area (Å²) in [5, 5.41) is 19.8. The van der Waals surface area contributed by atoms with Crippen molar-refractivity contribution in [1.82, 2.24) is 9.99 Å². The van der Waals surface area contributed by atoms with Gasteiger partial charge in [-0.15, -0.1) is 0 Å². The summed E-state index contributed by atoms with van der Waals surface area (Å²) in [5.74, 6) is -3.00. The molecule has 3 N–H and O–H groups in total. The molecule has 14 nitrogen and oxygen atoms in total. The van der Waals surface area contributed by atoms with Crippen LogP contribution in [0.15, 0.2) is 0 Å². The molecule has 0 rings (SSSR count). The zero-order valence-electron chi connectivity index (χ0n) is 25.0. The number of carbonyl (C=O) groups excluding carboxylic acids is 2. The van der Waals surface area contributed by atoms with E-state index in [9.17, 15) is 24.1 Å². The van der Waals surface area contributed by atoms with Crippen LogP contribution >= 0.6 is 7.75 Å². The average molecular weight is 598 g/mol. The molecular weight excluding hydrogens is 549 g/mol. The minimum Gasteiger partial charge on any atom is -0.480 e. The highest BCUT2D eigenvalue weighted by atomic mass is 31.2. The third kappa shape index (κ3) is 15.3. The first kappa shape index (κ1) is 37.4. The monoisotopic (exact) mass is 597 g/mol. The van der Waals surface area contributed by atoms with Crippen LogP contribution in [-0.2, 0) is 37.4 Å². The fraction of sp³-hybridized carbons (Fsp3) is 0.840. The van der Waals surface area contributed by atoms with Gasteiger partial charge in [0.05, 0.1) is 13.2 Å². The average Bonchev–Trinajstić information content (AvgIpc) is 2.87. The molecule has 0 amide bonds. The Morgan fingerprint density at radius 3 is 1.55 bits per heavy atom. The molecule has 0 aliphatic carbocycles. The molecule has 0 aromatic carbocycles. The Labute approximate surface area is 237 Å². The molecular formula is C25H48N3O11P. The summed E-state index contributed by atoms with van der Waals surface area (Å²) in [4.78, 5) is 36.9. The topological polar surface area (TPSA) is 183 Å². The van der Waals surface area contributed by atoms with E-state index in [1.165, 1.54) is 14.0 Å². The summed E-state index contributed by atoms with van der Waals surface area (Å²) in [7, 11) is -3.40. The molecule has 3 unspecified atom stereocenters. The fourth-order valence-electron chi connectivity index (χ4n) is 2.75. The highest BCUT2D eigenvalue weighted by Crippen LogP contribution is 2.48. The molecule has 40 heavy (non-hydrogen) atoms. The summed E-state index contributed by atoms with van der Waals surface area (Å²) < 4.78 is 45.7. The van der Waals surface area contributed by atoms with Crippen molar-refractivity contribution in [2.24, 2.45) is 11.8 Å². The van der Waals surface area contributed by atoms with Crippen LogP contribution in [0, 0.1) is 17.2 Å². The first-order valence-electron chi connectivity index (χ1n) is 13.6. The van der Waals surface area contributed by atoms with E-state index in [1.807, 2.05) is 13.8 Å². The number of ether oxygens (including phenoxy) is 4. The van der Waals surface area contributed by atoms with Crippen molar-refractivity contribution in [3.05, 3.63) is 0 Å². The van der Waals surface area contributed by atoms with Crippen LogP contribution in [0.5, 0.6) is 0 Å². The van der Waals surface area contributed by atoms with E-state index in [2.05, 4.69) is 5.09 Å². The van der Waals surface area contributed by atoms with Crippen molar-refractivity contribution in [2.45, 2.75) is 106 Å². The molecule has 0 aliphatic rings. The zero-order chi connectivity index (χ0) is 30.9. The number of carbonyl (C=O) groups is 3. The summed E-state index contributed by atoms with van der Waals surface area (Å²) in [6, 6.07) is -1.18. The molecule has 0 saturated carbocycles. The largest absolute Gasteiger partial charge is 0.510 e. The van der Waals surface area contributed by atoms with Crippen LogP contribution in [0.4, 0.5) is 9.59 Å². The number of nitrogens with one attached hydrogen (secondary N) is 2. The number of carboxylic acid groups (broad SMARTS) is 1. The second-order valence-electron chi connectivity index (χ2n) is 9.87. The van der Waals surface area contributed by atoms with Gasteiger partial charge in [-0.25, -0.2) is 18.9 Å². The SMILES string of the molecule is CCCCCOC(=O)OC(OP(=O)(NC(=N)N(C)C(C)C(=O)O)OC(OC(=O)OCCCCC)C(C)C)C(C)C. The Morgan fingerprint density at radius 2 is 1.23 bits per heavy atom. The van der Waals surface area contributed by atoms with E-state index in [4.69, 9.17) is 33.4 Å². The lowest BCUT2D eigenvalue weighted by atomic mass is 10.2. The van der Waals surface area contributed by atoms with Crippen molar-refractivity contribution >= 4 is 32.0 Å². The number of hydrogen-bond donors (Lipinski definition) is 3. The van der Waals surface area contributed by atoms with Gasteiger partial charge >= 0.3 is 26.0 Å². The van der Waals surface area contributed by atoms with Gasteiger partial charge in [0.2, 0.25) is 18.5 Å². The van der Waals surface area contributed by atoms with Crippen LogP contribution < -0.4 is 5.09 Å². The lowest BCUT2D eigenvalue weighted by Crippen LogP contribution is -2.46. The van der Waals surface area contributed by atoms with Crippen LogP contribution in [-0.4, -0.2) is 73.1 Å². The third-order valence-corrected chi connectivity index (χ3v) is 6.92. The Hall–Kier alpha value is -2.57. The molecule has 0 aliphatic heterocycles. The number of hydrogen-bond acceptors (Lipinski definition) is 11. The lowest BCUT2D eigenvalue weighted by Gasteiger charge is -2.32. The van der Waals surface area contributed by atoms with Crippen molar-refractivity contribution in [3.63, 3.8) is 0 Å². The molecule has 0 aromatic rings. The predicted molar refractivity (Wildman–Crippen MR) is 147 cm³/mol. The zero-order valence-corrected chi connectivity index (χ0v) is 25.9. The van der Waals surface area contributed by atoms with E-state index in [1.54, 1.807) is 27.7 Å². The second-order valence-corrected chi connectivity index (χ2v) is 11.5. The first-order valence-corrected chi connectivity index (χ1v) is 15.2. The third-order valence-electron chi connectivity index (χ3n) is 5.47. The van der Waals surface area contributed by atoms with Crippen molar-refractivity contribution in [3.8, 4) is 0 Å². The molecule has 0 bridgehead atoms. The normalized spacial score (nSPS) is 14.9. The number of aliphatic carboxylic acids is 1. The van der Waals surface area contributed by atoms with Crippen molar-refractivity contribution < 1.29 is 52.1 Å². The van der Waals surface area contributed by atoms with Gasteiger partial charge in [-0.05, 0) is 19.8 Å². The van der Waals surface area contributed by atoms with E-state index in [0.29, 0.717) is 12.8 Å². The summed E-state index contributed by atoms with van der Waals surface area (Å²) in [5.41, 5.74) is 0. The quantitative estimate of drug-likeness (QED) is 0.0411. The number of carboxylic acids is 1. The minimum atomic E-state index is -4.68. The van der Waals surface area contributed by atoms with E-state index >= 15 is 0 Å². The molecule has 15 heteroatoms. The van der Waals surface area contributed by atoms with Gasteiger partial charge in [0.25, 0.3) is 0 Å². The fourth-order valence-corrected chi connectivity index (χ4v) is 4.44. The van der Waals surface area contributed by atoms with Crippen LogP contribution in [0.1, 0.15) is 87.0 Å². The van der Waals surface area contributed by atoms with Gasteiger partial charge in [0.15, 0.2) is 0 Å². The van der Waals surface area contributed by atoms with Crippen LogP contribution in [0.25, 0.3) is 0 Å². The van der Waals surface area contributed by atoms with Gasteiger partial charge < -0.3 is 29.0 Å². The molecule has 3 atom stereocenters. The molecule has 0 saturated heterocycles. The van der Waals surface area contributed by atoms with Gasteiger partial charge in [-0.2, -0.15) is 0 Å². The van der Waals surface area contributed by atoms with Crippen molar-refractivity contribution in [1.29, 1.82) is 5.41 Å². The van der Waals surface area contributed by atoms with Gasteiger partial charge in [-0.3, -0.25) is 19.5 Å². The Kier molecular flexibility index (Phi) is 18.2. The van der Waals surface area contributed by atoms with E-state index in [-0.39, 0.29) is 13.2 Å². The highest BCUT2D eigenvalue weighted by Gasteiger charge is 2.40. The first-order chi connectivity index (χ1) is 18.7. The smallest absolute Gasteiger partial charge is 0.480 e. The molecule has 0 aromatic heterocycles. The summed E-state index contributed by atoms with van der Waals surface area (Å²) in [6.07, 6.45) is -0.228. The van der Waals surface area contributed by atoms with E-state index < -0.39 is 62.4 Å². The van der Waals surface area contributed by atoms with Gasteiger partial charge in [-0.1, -0.05) is 67.2 Å². The lowest BCUT2D eigenvalue weighted by molar-refractivity contribution is -0.141. The number of guanidine groups is 1. The molecule has 0 spiro atoms. The predicted octanol–water partition coefficient (Wildman–Crippen LogP) is 5.71. The molecule has 0 radical (unpaired) electrons. The second kappa shape index (κ2) is 19.5. The maximum absolute atomic E-state index is 14.0. The maximum Gasteiger partial charge on any atom is 0.510 e. The van der Waals surface area contributed by atoms with E-state index in [0.717, 1.165) is 30.6 Å². The number of nitrogens with zero attached hydrogens (tertiary/aromatic N) is 1. The number of likely N-dealkylation sites (N-methyl/N-ethyl adjacent to an activating group) is 1. The van der Waals surface area contributed by atoms with Crippen molar-refractivity contribution in [2.75, 3.05) is 20.3 Å². The Bertz CT molecular complexity index is 797. The maximum atomic E-state index is 14.0. The van der Waals surface area contributed by atoms with Gasteiger partial charge in [0.1, 0.15) is 6.04 Å². The minimum absolute atomic E-state index is 0.121. The molecule has 0 fully saturated rings. The molecule has 0 heterocycles. The molecule has 234 valence electrons. The Balaban J connectivity index is 5.89. The number of rotatable bonds is 19. The Morgan fingerprint density at radius 1 is 0.825 bits per heavy atom. The summed E-state index contributed by atoms with van der Waals surface area (Å²) in [6.45, 7) is 12.0. The summed E-state index contributed by atoms with van der Waals surface area (Å²) >= 11 is 0. The standard InChI is InChI=1S/C25H48N3O11P/c1-9-11-13-15-34-24(31)36-21(17(3)4)38-40(33,27-23(26)28(8)19(7)20(29)30)39-22(18(5)6)37-25(32)35-16-14-12-10-2/h17-19,21-22H,9-16H2,1-8H3,(H,29,30)(H2,26,27,33). The van der Waals surface area contributed by atoms with Crippen LogP contribution in [0.3, 0.4) is 0 Å². The highest BCUT2D eigenvalue weighted by molar-refractivity contribution is 7.52.